The van der Waals surface area contributed by atoms with Gasteiger partial charge in [-0.2, -0.15) is 0 Å². The molecule has 2 heteroatoms. The van der Waals surface area contributed by atoms with Crippen LogP contribution in [-0.2, 0) is 0 Å². The fourth-order valence-electron chi connectivity index (χ4n) is 2.18. The minimum atomic E-state index is 0.593. The fourth-order valence-corrected chi connectivity index (χ4v) is 2.18. The van der Waals surface area contributed by atoms with Crippen molar-refractivity contribution < 1.29 is 4.74 Å². The monoisotopic (exact) mass is 219 g/mol. The molecule has 16 heavy (non-hydrogen) atoms. The molecule has 2 nitrogen and oxygen atoms in total. The molecule has 1 aromatic carbocycles. The second-order valence-electron chi connectivity index (χ2n) is 4.75. The van der Waals surface area contributed by atoms with E-state index >= 15 is 0 Å². The molecule has 0 bridgehead atoms. The summed E-state index contributed by atoms with van der Waals surface area (Å²) in [5, 5.41) is 0. The first kappa shape index (κ1) is 11.5. The van der Waals surface area contributed by atoms with Gasteiger partial charge in [-0.15, -0.1) is 0 Å². The molecule has 0 amide bonds. The lowest BCUT2D eigenvalue weighted by Crippen LogP contribution is -2.40. The highest BCUT2D eigenvalue weighted by molar-refractivity contribution is 5.26. The van der Waals surface area contributed by atoms with E-state index in [-0.39, 0.29) is 0 Å². The van der Waals surface area contributed by atoms with Crippen LogP contribution < -0.4 is 4.74 Å². The van der Waals surface area contributed by atoms with Crippen LogP contribution in [0.25, 0.3) is 0 Å². The van der Waals surface area contributed by atoms with Gasteiger partial charge in [0.2, 0.25) is 0 Å². The number of rotatable bonds is 3. The summed E-state index contributed by atoms with van der Waals surface area (Å²) in [7, 11) is 2.20. The van der Waals surface area contributed by atoms with Crippen LogP contribution in [0.1, 0.15) is 24.8 Å². The Labute approximate surface area is 98.2 Å². The van der Waals surface area contributed by atoms with Gasteiger partial charge in [-0.3, -0.25) is 0 Å². The van der Waals surface area contributed by atoms with Crippen LogP contribution in [-0.4, -0.2) is 31.1 Å². The Bertz CT molecular complexity index is 320. The third-order valence-electron chi connectivity index (χ3n) is 3.38. The number of likely N-dealkylation sites (tertiary alicyclic amines) is 1. The zero-order valence-electron chi connectivity index (χ0n) is 10.3. The zero-order chi connectivity index (χ0) is 11.4. The third kappa shape index (κ3) is 2.99. The van der Waals surface area contributed by atoms with Crippen molar-refractivity contribution in [1.29, 1.82) is 0 Å². The van der Waals surface area contributed by atoms with Crippen molar-refractivity contribution in [3.63, 3.8) is 0 Å². The molecule has 0 N–H and O–H groups in total. The fraction of sp³-hybridized carbons (Fsp3) is 0.571. The molecule has 1 aromatic rings. The molecule has 0 aromatic heterocycles. The summed E-state index contributed by atoms with van der Waals surface area (Å²) in [6.45, 7) is 4.13. The number of likely N-dealkylation sites (N-methyl/N-ethyl adjacent to an activating group) is 1. The molecule has 1 atom stereocenters. The molecule has 1 saturated heterocycles. The van der Waals surface area contributed by atoms with Gasteiger partial charge in [0.1, 0.15) is 12.4 Å². The summed E-state index contributed by atoms with van der Waals surface area (Å²) in [5.41, 5.74) is 1.28. The Balaban J connectivity index is 1.84. The first-order chi connectivity index (χ1) is 7.75. The smallest absolute Gasteiger partial charge is 0.119 e. The number of nitrogens with zero attached hydrogens (tertiary/aromatic N) is 1. The first-order valence-corrected chi connectivity index (χ1v) is 6.15. The predicted octanol–water partition coefficient (Wildman–Crippen LogP) is 2.86. The zero-order valence-corrected chi connectivity index (χ0v) is 10.3. The Morgan fingerprint density at radius 2 is 2.00 bits per heavy atom. The molecule has 1 aliphatic heterocycles. The average Bonchev–Trinajstić information content (AvgIpc) is 2.30. The molecule has 1 unspecified atom stereocenters. The summed E-state index contributed by atoms with van der Waals surface area (Å²) in [6.07, 6.45) is 3.94. The van der Waals surface area contributed by atoms with E-state index in [0.29, 0.717) is 6.04 Å². The Morgan fingerprint density at radius 1 is 1.25 bits per heavy atom. The summed E-state index contributed by atoms with van der Waals surface area (Å²) in [5.74, 6) is 0.990. The Kier molecular flexibility index (Phi) is 3.83. The molecular formula is C14H21NO. The Morgan fingerprint density at radius 3 is 2.69 bits per heavy atom. The van der Waals surface area contributed by atoms with Crippen LogP contribution in [0.3, 0.4) is 0 Å². The summed E-state index contributed by atoms with van der Waals surface area (Å²) in [4.78, 5) is 2.41. The van der Waals surface area contributed by atoms with Gasteiger partial charge in [-0.1, -0.05) is 24.1 Å². The van der Waals surface area contributed by atoms with Gasteiger partial charge >= 0.3 is 0 Å². The average molecular weight is 219 g/mol. The first-order valence-electron chi connectivity index (χ1n) is 6.15. The van der Waals surface area contributed by atoms with Gasteiger partial charge in [0, 0.05) is 6.04 Å². The van der Waals surface area contributed by atoms with Gasteiger partial charge in [0.25, 0.3) is 0 Å². The standard InChI is InChI=1S/C14H21NO/c1-12-6-8-14(9-7-12)16-11-13-5-3-4-10-15(13)2/h6-9,13H,3-5,10-11H2,1-2H3. The molecule has 1 fully saturated rings. The topological polar surface area (TPSA) is 12.5 Å². The van der Waals surface area contributed by atoms with Gasteiger partial charge in [-0.05, 0) is 45.5 Å². The van der Waals surface area contributed by atoms with E-state index in [1.807, 2.05) is 0 Å². The predicted molar refractivity (Wildman–Crippen MR) is 66.9 cm³/mol. The number of aryl methyl sites for hydroxylation is 1. The molecule has 0 radical (unpaired) electrons. The van der Waals surface area contributed by atoms with Crippen LogP contribution in [0.2, 0.25) is 0 Å². The molecule has 1 aliphatic rings. The summed E-state index contributed by atoms with van der Waals surface area (Å²) in [6, 6.07) is 8.89. The highest BCUT2D eigenvalue weighted by Gasteiger charge is 2.19. The maximum atomic E-state index is 5.83. The van der Waals surface area contributed by atoms with Crippen LogP contribution in [0.5, 0.6) is 5.75 Å². The largest absolute Gasteiger partial charge is 0.492 e. The SMILES string of the molecule is Cc1ccc(OCC2CCCCN2C)cc1. The maximum Gasteiger partial charge on any atom is 0.119 e. The molecule has 2 rings (SSSR count). The van der Waals surface area contributed by atoms with Gasteiger partial charge in [-0.25, -0.2) is 0 Å². The highest BCUT2D eigenvalue weighted by atomic mass is 16.5. The minimum Gasteiger partial charge on any atom is -0.492 e. The number of hydrogen-bond donors (Lipinski definition) is 0. The molecule has 0 spiro atoms. The number of ether oxygens (including phenoxy) is 1. The normalized spacial score (nSPS) is 22.0. The van der Waals surface area contributed by atoms with E-state index < -0.39 is 0 Å². The van der Waals surface area contributed by atoms with Crippen LogP contribution in [0.4, 0.5) is 0 Å². The lowest BCUT2D eigenvalue weighted by Gasteiger charge is -2.32. The molecule has 1 heterocycles. The van der Waals surface area contributed by atoms with Crippen LogP contribution in [0.15, 0.2) is 24.3 Å². The van der Waals surface area contributed by atoms with E-state index in [1.54, 1.807) is 0 Å². The number of hydrogen-bond acceptors (Lipinski definition) is 2. The van der Waals surface area contributed by atoms with Crippen molar-refractivity contribution >= 4 is 0 Å². The lowest BCUT2D eigenvalue weighted by atomic mass is 10.0. The third-order valence-corrected chi connectivity index (χ3v) is 3.38. The second kappa shape index (κ2) is 5.35. The van der Waals surface area contributed by atoms with E-state index in [1.165, 1.54) is 31.4 Å². The van der Waals surface area contributed by atoms with Crippen molar-refractivity contribution in [1.82, 2.24) is 4.90 Å². The molecule has 88 valence electrons. The van der Waals surface area contributed by atoms with Gasteiger partial charge in [0.05, 0.1) is 0 Å². The summed E-state index contributed by atoms with van der Waals surface area (Å²) < 4.78 is 5.83. The van der Waals surface area contributed by atoms with Gasteiger partial charge < -0.3 is 9.64 Å². The minimum absolute atomic E-state index is 0.593. The molecular weight excluding hydrogens is 198 g/mol. The van der Waals surface area contributed by atoms with Crippen molar-refractivity contribution in [2.24, 2.45) is 0 Å². The van der Waals surface area contributed by atoms with E-state index in [9.17, 15) is 0 Å². The second-order valence-corrected chi connectivity index (χ2v) is 4.75. The van der Waals surface area contributed by atoms with Gasteiger partial charge in [0.15, 0.2) is 0 Å². The number of piperidine rings is 1. The van der Waals surface area contributed by atoms with Crippen molar-refractivity contribution in [3.05, 3.63) is 29.8 Å². The van der Waals surface area contributed by atoms with Crippen molar-refractivity contribution in [2.75, 3.05) is 20.2 Å². The van der Waals surface area contributed by atoms with Crippen LogP contribution in [0, 0.1) is 6.92 Å². The highest BCUT2D eigenvalue weighted by Crippen LogP contribution is 2.17. The lowest BCUT2D eigenvalue weighted by molar-refractivity contribution is 0.125. The van der Waals surface area contributed by atoms with Crippen LogP contribution >= 0.6 is 0 Å². The van der Waals surface area contributed by atoms with E-state index in [0.717, 1.165) is 12.4 Å². The van der Waals surface area contributed by atoms with E-state index in [4.69, 9.17) is 4.74 Å². The maximum absolute atomic E-state index is 5.83. The van der Waals surface area contributed by atoms with E-state index in [2.05, 4.69) is 43.1 Å². The summed E-state index contributed by atoms with van der Waals surface area (Å²) >= 11 is 0. The molecule has 0 saturated carbocycles. The number of benzene rings is 1. The van der Waals surface area contributed by atoms with Crippen molar-refractivity contribution in [3.8, 4) is 5.75 Å². The Hall–Kier alpha value is -1.02. The molecule has 0 aliphatic carbocycles. The quantitative estimate of drug-likeness (QED) is 0.775. The van der Waals surface area contributed by atoms with Crippen molar-refractivity contribution in [2.45, 2.75) is 32.2 Å².